The Morgan fingerprint density at radius 2 is 1.76 bits per heavy atom. The Morgan fingerprint density at radius 1 is 1.03 bits per heavy atom. The topological polar surface area (TPSA) is 70.5 Å². The van der Waals surface area contributed by atoms with Crippen molar-refractivity contribution < 1.29 is 14.7 Å². The molecular formula is C22H14BrClN2O3. The van der Waals surface area contributed by atoms with E-state index in [1.807, 2.05) is 6.07 Å². The molecule has 1 aliphatic rings. The van der Waals surface area contributed by atoms with E-state index in [1.165, 1.54) is 4.90 Å². The van der Waals surface area contributed by atoms with Crippen LogP contribution in [0.3, 0.4) is 0 Å². The van der Waals surface area contributed by atoms with Crippen LogP contribution in [0.25, 0.3) is 5.76 Å². The number of rotatable bonds is 3. The second-order valence-electron chi connectivity index (χ2n) is 6.44. The van der Waals surface area contributed by atoms with Gasteiger partial charge in [0.25, 0.3) is 11.7 Å². The monoisotopic (exact) mass is 468 g/mol. The van der Waals surface area contributed by atoms with E-state index in [1.54, 1.807) is 67.0 Å². The second-order valence-corrected chi connectivity index (χ2v) is 7.79. The first-order valence-corrected chi connectivity index (χ1v) is 9.87. The maximum absolute atomic E-state index is 13.0. The van der Waals surface area contributed by atoms with Crippen molar-refractivity contribution in [2.45, 2.75) is 6.04 Å². The van der Waals surface area contributed by atoms with Crippen LogP contribution in [0.15, 0.2) is 83.1 Å². The molecular weight excluding hydrogens is 456 g/mol. The van der Waals surface area contributed by atoms with Gasteiger partial charge in [-0.15, -0.1) is 0 Å². The van der Waals surface area contributed by atoms with Crippen molar-refractivity contribution in [3.8, 4) is 0 Å². The minimum absolute atomic E-state index is 0.00319. The molecule has 1 atom stereocenters. The van der Waals surface area contributed by atoms with Crippen LogP contribution in [0.5, 0.6) is 0 Å². The Labute approximate surface area is 180 Å². The molecule has 0 spiro atoms. The third-order valence-corrected chi connectivity index (χ3v) is 5.38. The van der Waals surface area contributed by atoms with Crippen molar-refractivity contribution in [1.29, 1.82) is 0 Å². The molecule has 2 heterocycles. The maximum atomic E-state index is 13.0. The van der Waals surface area contributed by atoms with Crippen molar-refractivity contribution in [2.24, 2.45) is 0 Å². The van der Waals surface area contributed by atoms with Gasteiger partial charge in [-0.25, -0.2) is 0 Å². The second kappa shape index (κ2) is 7.81. The summed E-state index contributed by atoms with van der Waals surface area (Å²) in [7, 11) is 0. The molecule has 1 amide bonds. The minimum atomic E-state index is -0.800. The Kier molecular flexibility index (Phi) is 5.22. The van der Waals surface area contributed by atoms with E-state index in [4.69, 9.17) is 11.6 Å². The number of ketones is 1. The van der Waals surface area contributed by atoms with Crippen molar-refractivity contribution >= 4 is 50.7 Å². The number of pyridine rings is 1. The summed E-state index contributed by atoms with van der Waals surface area (Å²) in [5.41, 5.74) is 1.56. The molecule has 2 aromatic carbocycles. The number of nitrogens with zero attached hydrogens (tertiary/aromatic N) is 2. The lowest BCUT2D eigenvalue weighted by Gasteiger charge is -2.25. The van der Waals surface area contributed by atoms with Gasteiger partial charge in [0.05, 0.1) is 11.6 Å². The summed E-state index contributed by atoms with van der Waals surface area (Å²) < 4.78 is 0.764. The normalized spacial score (nSPS) is 18.3. The van der Waals surface area contributed by atoms with Gasteiger partial charge in [-0.2, -0.15) is 0 Å². The van der Waals surface area contributed by atoms with E-state index >= 15 is 0 Å². The molecule has 0 bridgehead atoms. The van der Waals surface area contributed by atoms with Gasteiger partial charge >= 0.3 is 0 Å². The number of anilines is 1. The summed E-state index contributed by atoms with van der Waals surface area (Å²) in [6.07, 6.45) is 3.16. The van der Waals surface area contributed by atoms with Crippen LogP contribution in [0.2, 0.25) is 5.02 Å². The van der Waals surface area contributed by atoms with Gasteiger partial charge in [-0.05, 0) is 48.0 Å². The lowest BCUT2D eigenvalue weighted by molar-refractivity contribution is -0.132. The van der Waals surface area contributed by atoms with Gasteiger partial charge in [-0.1, -0.05) is 45.7 Å². The predicted molar refractivity (Wildman–Crippen MR) is 115 cm³/mol. The lowest BCUT2D eigenvalue weighted by atomic mass is 9.96. The number of amides is 1. The summed E-state index contributed by atoms with van der Waals surface area (Å²) in [6.45, 7) is 0. The molecule has 4 rings (SSSR count). The summed E-state index contributed by atoms with van der Waals surface area (Å²) in [5, 5.41) is 11.4. The fraction of sp³-hybridized carbons (Fsp3) is 0.0455. The van der Waals surface area contributed by atoms with Crippen LogP contribution >= 0.6 is 27.5 Å². The average molecular weight is 470 g/mol. The Balaban J connectivity index is 1.96. The maximum Gasteiger partial charge on any atom is 0.300 e. The van der Waals surface area contributed by atoms with Crippen LogP contribution in [0.4, 0.5) is 5.69 Å². The van der Waals surface area contributed by atoms with E-state index in [0.29, 0.717) is 21.8 Å². The van der Waals surface area contributed by atoms with Crippen LogP contribution in [0, 0.1) is 0 Å². The average Bonchev–Trinajstić information content (AvgIpc) is 2.99. The smallest absolute Gasteiger partial charge is 0.300 e. The van der Waals surface area contributed by atoms with E-state index in [-0.39, 0.29) is 11.3 Å². The molecule has 1 unspecified atom stereocenters. The molecule has 1 fully saturated rings. The van der Waals surface area contributed by atoms with Crippen LogP contribution < -0.4 is 4.90 Å². The lowest BCUT2D eigenvalue weighted by Crippen LogP contribution is -2.29. The number of Topliss-reactive ketones (excluding diaryl/α,β-unsaturated/α-hetero) is 1. The van der Waals surface area contributed by atoms with Crippen molar-refractivity contribution in [2.75, 3.05) is 4.90 Å². The number of carbonyl (C=O) groups is 2. The zero-order valence-electron chi connectivity index (χ0n) is 14.9. The van der Waals surface area contributed by atoms with E-state index in [2.05, 4.69) is 20.9 Å². The highest BCUT2D eigenvalue weighted by atomic mass is 79.9. The van der Waals surface area contributed by atoms with Gasteiger partial charge in [-0.3, -0.25) is 19.5 Å². The molecule has 1 N–H and O–H groups in total. The molecule has 3 aromatic rings. The molecule has 29 heavy (non-hydrogen) atoms. The van der Waals surface area contributed by atoms with E-state index in [0.717, 1.165) is 4.47 Å². The Bertz CT molecular complexity index is 1150. The molecule has 5 nitrogen and oxygen atoms in total. The van der Waals surface area contributed by atoms with E-state index < -0.39 is 17.7 Å². The van der Waals surface area contributed by atoms with Gasteiger partial charge < -0.3 is 5.11 Å². The molecule has 1 aliphatic heterocycles. The number of hydrogen-bond acceptors (Lipinski definition) is 4. The molecule has 1 saturated heterocycles. The Morgan fingerprint density at radius 3 is 2.45 bits per heavy atom. The summed E-state index contributed by atoms with van der Waals surface area (Å²) in [6, 6.07) is 16.2. The van der Waals surface area contributed by atoms with Gasteiger partial charge in [0.15, 0.2) is 0 Å². The SMILES string of the molecule is O=C1C(=O)N(c2cccc(Br)c2)C(c2ccncc2)/C1=C(\O)c1cccc(Cl)c1. The van der Waals surface area contributed by atoms with Gasteiger partial charge in [0.1, 0.15) is 5.76 Å². The Hall–Kier alpha value is -2.96. The number of carbonyl (C=O) groups excluding carboxylic acids is 2. The zero-order valence-corrected chi connectivity index (χ0v) is 17.3. The molecule has 0 aliphatic carbocycles. The highest BCUT2D eigenvalue weighted by molar-refractivity contribution is 9.10. The first-order chi connectivity index (χ1) is 14.0. The number of halogens is 2. The molecule has 7 heteroatoms. The fourth-order valence-corrected chi connectivity index (χ4v) is 3.95. The highest BCUT2D eigenvalue weighted by Crippen LogP contribution is 2.42. The van der Waals surface area contributed by atoms with Crippen LogP contribution in [-0.2, 0) is 9.59 Å². The fourth-order valence-electron chi connectivity index (χ4n) is 3.38. The molecule has 1 aromatic heterocycles. The number of aromatic nitrogens is 1. The predicted octanol–water partition coefficient (Wildman–Crippen LogP) is 5.12. The number of hydrogen-bond donors (Lipinski definition) is 1. The van der Waals surface area contributed by atoms with Crippen LogP contribution in [-0.4, -0.2) is 21.8 Å². The standard InChI is InChI=1S/C22H14BrClN2O3/c23-15-4-2-6-17(12-15)26-19(13-7-9-25-10-8-13)18(21(28)22(26)29)20(27)14-3-1-5-16(24)11-14/h1-12,19,27H/b20-18+. The van der Waals surface area contributed by atoms with Crippen molar-refractivity contribution in [3.63, 3.8) is 0 Å². The quantitative estimate of drug-likeness (QED) is 0.328. The van der Waals surface area contributed by atoms with Gasteiger partial charge in [0, 0.05) is 33.1 Å². The van der Waals surface area contributed by atoms with Crippen molar-refractivity contribution in [3.05, 3.63) is 99.3 Å². The first kappa shape index (κ1) is 19.4. The summed E-state index contributed by atoms with van der Waals surface area (Å²) >= 11 is 9.45. The summed E-state index contributed by atoms with van der Waals surface area (Å²) in [5.74, 6) is -1.75. The third-order valence-electron chi connectivity index (χ3n) is 4.65. The molecule has 144 valence electrons. The van der Waals surface area contributed by atoms with Crippen molar-refractivity contribution in [1.82, 2.24) is 4.98 Å². The molecule has 0 saturated carbocycles. The highest BCUT2D eigenvalue weighted by Gasteiger charge is 2.47. The van der Waals surface area contributed by atoms with Gasteiger partial charge in [0.2, 0.25) is 0 Å². The third kappa shape index (κ3) is 3.57. The minimum Gasteiger partial charge on any atom is -0.507 e. The first-order valence-electron chi connectivity index (χ1n) is 8.70. The largest absolute Gasteiger partial charge is 0.507 e. The zero-order chi connectivity index (χ0) is 20.5. The number of benzene rings is 2. The molecule has 0 radical (unpaired) electrons. The van der Waals surface area contributed by atoms with Crippen LogP contribution in [0.1, 0.15) is 17.2 Å². The number of aliphatic hydroxyl groups excluding tert-OH is 1. The summed E-state index contributed by atoms with van der Waals surface area (Å²) in [4.78, 5) is 31.4. The van der Waals surface area contributed by atoms with E-state index in [9.17, 15) is 14.7 Å². The number of aliphatic hydroxyl groups is 1.